The van der Waals surface area contributed by atoms with Gasteiger partial charge in [-0.2, -0.15) is 4.98 Å². The number of fused-ring (bicyclic) bond motifs is 1. The average molecular weight is 332 g/mol. The zero-order valence-corrected chi connectivity index (χ0v) is 13.3. The number of H-pyrrole nitrogens is 2. The minimum Gasteiger partial charge on any atom is -0.369 e. The van der Waals surface area contributed by atoms with Crippen molar-refractivity contribution in [3.8, 4) is 0 Å². The number of nitrogen functional groups attached to an aromatic ring is 1. The summed E-state index contributed by atoms with van der Waals surface area (Å²) in [4.78, 5) is 25.6. The van der Waals surface area contributed by atoms with Crippen molar-refractivity contribution < 1.29 is 0 Å². The van der Waals surface area contributed by atoms with Gasteiger partial charge in [0.05, 0.1) is 0 Å². The number of aromatic amines is 2. The number of nitrogens with zero attached hydrogens (tertiary/aromatic N) is 2. The van der Waals surface area contributed by atoms with Crippen molar-refractivity contribution >= 4 is 29.5 Å². The van der Waals surface area contributed by atoms with Crippen LogP contribution in [0.15, 0.2) is 29.1 Å². The first-order valence-corrected chi connectivity index (χ1v) is 7.52. The maximum absolute atomic E-state index is 11.7. The third-order valence-corrected chi connectivity index (χ3v) is 4.11. The lowest BCUT2D eigenvalue weighted by Gasteiger charge is -2.02. The Hall–Kier alpha value is -2.34. The van der Waals surface area contributed by atoms with Crippen LogP contribution in [0.25, 0.3) is 11.2 Å². The van der Waals surface area contributed by atoms with Crippen LogP contribution in [-0.2, 0) is 12.8 Å². The molecule has 0 bridgehead atoms. The van der Waals surface area contributed by atoms with Crippen LogP contribution in [0.5, 0.6) is 0 Å². The number of imidazole rings is 1. The van der Waals surface area contributed by atoms with E-state index in [1.165, 1.54) is 24.0 Å². The monoisotopic (exact) mass is 331 g/mol. The Morgan fingerprint density at radius 2 is 1.83 bits per heavy atom. The number of nitrogens with two attached hydrogens (primary N) is 1. The van der Waals surface area contributed by atoms with E-state index in [4.69, 9.17) is 5.73 Å². The Labute approximate surface area is 139 Å². The lowest BCUT2D eigenvalue weighted by Crippen LogP contribution is -2.10. The van der Waals surface area contributed by atoms with Crippen LogP contribution in [0.1, 0.15) is 35.7 Å². The summed E-state index contributed by atoms with van der Waals surface area (Å²) in [6, 6.07) is 8.80. The molecule has 1 aliphatic rings. The molecule has 0 spiro atoms. The largest absolute Gasteiger partial charge is 0.369 e. The molecule has 0 saturated heterocycles. The van der Waals surface area contributed by atoms with Gasteiger partial charge in [-0.05, 0) is 36.3 Å². The average Bonchev–Trinajstić information content (AvgIpc) is 3.26. The summed E-state index contributed by atoms with van der Waals surface area (Å²) >= 11 is 0. The summed E-state index contributed by atoms with van der Waals surface area (Å²) in [7, 11) is 0. The van der Waals surface area contributed by atoms with Crippen molar-refractivity contribution in [2.45, 2.75) is 31.6 Å². The molecular formula is C16H18ClN5O. The molecule has 1 aliphatic carbocycles. The number of aryl methyl sites for hydroxylation is 2. The maximum Gasteiger partial charge on any atom is 0.278 e. The topological polar surface area (TPSA) is 100 Å². The molecular weight excluding hydrogens is 314 g/mol. The number of benzene rings is 1. The molecule has 6 nitrogen and oxygen atoms in total. The van der Waals surface area contributed by atoms with E-state index in [1.54, 1.807) is 0 Å². The van der Waals surface area contributed by atoms with Crippen LogP contribution < -0.4 is 11.3 Å². The summed E-state index contributed by atoms with van der Waals surface area (Å²) in [5.41, 5.74) is 8.71. The third kappa shape index (κ3) is 3.22. The first kappa shape index (κ1) is 15.6. The predicted octanol–water partition coefficient (Wildman–Crippen LogP) is 2.31. The van der Waals surface area contributed by atoms with Crippen LogP contribution in [0, 0.1) is 0 Å². The van der Waals surface area contributed by atoms with Crippen molar-refractivity contribution in [2.24, 2.45) is 0 Å². The first-order valence-electron chi connectivity index (χ1n) is 7.52. The van der Waals surface area contributed by atoms with E-state index in [9.17, 15) is 4.79 Å². The SMILES string of the molecule is Cl.Nc1nc2nc(CCc3ccc(C4CC4)cc3)[nH]c2c(=O)[nH]1. The lowest BCUT2D eigenvalue weighted by molar-refractivity contribution is 0.887. The number of anilines is 1. The second kappa shape index (κ2) is 6.04. The number of hydrogen-bond acceptors (Lipinski definition) is 4. The molecule has 2 heterocycles. The summed E-state index contributed by atoms with van der Waals surface area (Å²) in [6.45, 7) is 0. The van der Waals surface area contributed by atoms with E-state index in [1.807, 2.05) is 0 Å². The fraction of sp³-hybridized carbons (Fsp3) is 0.312. The van der Waals surface area contributed by atoms with Crippen LogP contribution in [-0.4, -0.2) is 19.9 Å². The minimum absolute atomic E-state index is 0. The number of nitrogens with one attached hydrogen (secondary N) is 2. The summed E-state index contributed by atoms with van der Waals surface area (Å²) in [6.07, 6.45) is 4.25. The molecule has 120 valence electrons. The van der Waals surface area contributed by atoms with Gasteiger partial charge >= 0.3 is 0 Å². The first-order chi connectivity index (χ1) is 10.7. The summed E-state index contributed by atoms with van der Waals surface area (Å²) in [5, 5.41) is 0. The normalized spacial score (nSPS) is 13.9. The van der Waals surface area contributed by atoms with Gasteiger partial charge in [-0.15, -0.1) is 12.4 Å². The molecule has 4 N–H and O–H groups in total. The highest BCUT2D eigenvalue weighted by Crippen LogP contribution is 2.39. The van der Waals surface area contributed by atoms with Gasteiger partial charge in [0, 0.05) is 6.42 Å². The molecule has 23 heavy (non-hydrogen) atoms. The van der Waals surface area contributed by atoms with Crippen molar-refractivity contribution in [1.29, 1.82) is 0 Å². The highest BCUT2D eigenvalue weighted by Gasteiger charge is 2.22. The van der Waals surface area contributed by atoms with E-state index in [0.717, 1.165) is 24.6 Å². The van der Waals surface area contributed by atoms with Gasteiger partial charge in [0.2, 0.25) is 5.95 Å². The van der Waals surface area contributed by atoms with Crippen LogP contribution in [0.2, 0.25) is 0 Å². The summed E-state index contributed by atoms with van der Waals surface area (Å²) in [5.74, 6) is 1.63. The lowest BCUT2D eigenvalue weighted by atomic mass is 10.0. The highest BCUT2D eigenvalue weighted by molar-refractivity contribution is 5.85. The van der Waals surface area contributed by atoms with Crippen LogP contribution in [0.3, 0.4) is 0 Å². The Bertz CT molecular complexity index is 880. The van der Waals surface area contributed by atoms with Gasteiger partial charge in [-0.1, -0.05) is 24.3 Å². The zero-order chi connectivity index (χ0) is 15.1. The maximum atomic E-state index is 11.7. The standard InChI is InChI=1S/C16H17N5O.ClH/c17-16-20-14-13(15(22)21-16)18-12(19-14)8-3-9-1-4-10(5-2-9)11-6-7-11;/h1-2,4-5,11H,3,6-8H2,(H4,17,18,19,20,21,22);1H. The van der Waals surface area contributed by atoms with Crippen molar-refractivity contribution in [3.63, 3.8) is 0 Å². The number of hydrogen-bond donors (Lipinski definition) is 3. The molecule has 1 fully saturated rings. The number of halogens is 1. The van der Waals surface area contributed by atoms with Gasteiger partial charge in [0.1, 0.15) is 5.82 Å². The van der Waals surface area contributed by atoms with Gasteiger partial charge in [-0.25, -0.2) is 4.98 Å². The van der Waals surface area contributed by atoms with Crippen molar-refractivity contribution in [3.05, 3.63) is 51.6 Å². The second-order valence-electron chi connectivity index (χ2n) is 5.85. The van der Waals surface area contributed by atoms with Crippen LogP contribution >= 0.6 is 12.4 Å². The quantitative estimate of drug-likeness (QED) is 0.683. The molecule has 2 aromatic heterocycles. The van der Waals surface area contributed by atoms with Crippen LogP contribution in [0.4, 0.5) is 5.95 Å². The third-order valence-electron chi connectivity index (χ3n) is 4.11. The van der Waals surface area contributed by atoms with Gasteiger partial charge in [-0.3, -0.25) is 9.78 Å². The van der Waals surface area contributed by atoms with E-state index in [0.29, 0.717) is 11.2 Å². The van der Waals surface area contributed by atoms with E-state index < -0.39 is 0 Å². The zero-order valence-electron chi connectivity index (χ0n) is 12.5. The minimum atomic E-state index is -0.282. The number of rotatable bonds is 4. The molecule has 0 aliphatic heterocycles. The fourth-order valence-corrected chi connectivity index (χ4v) is 2.73. The Morgan fingerprint density at radius 3 is 2.52 bits per heavy atom. The molecule has 0 amide bonds. The van der Waals surface area contributed by atoms with E-state index in [-0.39, 0.29) is 23.9 Å². The van der Waals surface area contributed by atoms with Gasteiger partial charge < -0.3 is 10.7 Å². The van der Waals surface area contributed by atoms with E-state index >= 15 is 0 Å². The van der Waals surface area contributed by atoms with Crippen molar-refractivity contribution in [2.75, 3.05) is 5.73 Å². The molecule has 4 rings (SSSR count). The molecule has 1 aromatic carbocycles. The van der Waals surface area contributed by atoms with Gasteiger partial charge in [0.15, 0.2) is 11.2 Å². The Balaban J connectivity index is 0.00000156. The number of aromatic nitrogens is 4. The molecule has 1 saturated carbocycles. The van der Waals surface area contributed by atoms with Crippen molar-refractivity contribution in [1.82, 2.24) is 19.9 Å². The van der Waals surface area contributed by atoms with E-state index in [2.05, 4.69) is 44.2 Å². The molecule has 3 aromatic rings. The Kier molecular flexibility index (Phi) is 4.09. The second-order valence-corrected chi connectivity index (χ2v) is 5.85. The highest BCUT2D eigenvalue weighted by atomic mass is 35.5. The summed E-state index contributed by atoms with van der Waals surface area (Å²) < 4.78 is 0. The fourth-order valence-electron chi connectivity index (χ4n) is 2.73. The molecule has 7 heteroatoms. The molecule has 0 radical (unpaired) electrons. The molecule has 0 atom stereocenters. The predicted molar refractivity (Wildman–Crippen MR) is 92.0 cm³/mol. The van der Waals surface area contributed by atoms with Gasteiger partial charge in [0.25, 0.3) is 5.56 Å². The molecule has 0 unspecified atom stereocenters. The smallest absolute Gasteiger partial charge is 0.278 e. The Morgan fingerprint density at radius 1 is 1.09 bits per heavy atom.